The highest BCUT2D eigenvalue weighted by molar-refractivity contribution is 7.91. The Hall–Kier alpha value is -1.58. The lowest BCUT2D eigenvalue weighted by molar-refractivity contribution is 0.590. The molecule has 0 saturated heterocycles. The molecule has 0 fully saturated rings. The molecule has 2 rings (SSSR count). The van der Waals surface area contributed by atoms with E-state index in [0.29, 0.717) is 15.5 Å². The fourth-order valence-electron chi connectivity index (χ4n) is 2.19. The molecule has 0 unspecified atom stereocenters. The summed E-state index contributed by atoms with van der Waals surface area (Å²) in [6.07, 6.45) is 1.78. The maximum absolute atomic E-state index is 13.0. The molecular weight excluding hydrogens is 316 g/mol. The van der Waals surface area contributed by atoms with Gasteiger partial charge in [0.2, 0.25) is 0 Å². The summed E-state index contributed by atoms with van der Waals surface area (Å²) in [5.74, 6) is 0. The summed E-state index contributed by atoms with van der Waals surface area (Å²) in [6.45, 7) is 5.73. The molecule has 0 heterocycles. The van der Waals surface area contributed by atoms with Crippen LogP contribution >= 0.6 is 11.6 Å². The zero-order valence-electron chi connectivity index (χ0n) is 12.9. The van der Waals surface area contributed by atoms with Gasteiger partial charge in [0, 0.05) is 5.02 Å². The number of hydrogen-bond donors (Lipinski definition) is 0. The molecule has 0 aliphatic rings. The molecular formula is C18H19ClO2S. The van der Waals surface area contributed by atoms with Crippen LogP contribution in [0.5, 0.6) is 0 Å². The van der Waals surface area contributed by atoms with Crippen molar-refractivity contribution in [3.05, 3.63) is 76.3 Å². The molecule has 0 spiro atoms. The minimum absolute atomic E-state index is 0.329. The molecule has 0 radical (unpaired) electrons. The van der Waals surface area contributed by atoms with Gasteiger partial charge in [0.15, 0.2) is 9.84 Å². The fraction of sp³-hybridized carbons (Fsp3) is 0.222. The summed E-state index contributed by atoms with van der Waals surface area (Å²) in [6, 6.07) is 13.9. The van der Waals surface area contributed by atoms with Crippen molar-refractivity contribution in [1.29, 1.82) is 0 Å². The maximum Gasteiger partial charge on any atom is 0.188 e. The van der Waals surface area contributed by atoms with E-state index in [2.05, 4.69) is 0 Å². The van der Waals surface area contributed by atoms with Crippen LogP contribution in [0.4, 0.5) is 0 Å². The number of aryl methyl sites for hydroxylation is 1. The van der Waals surface area contributed by atoms with Crippen molar-refractivity contribution in [3.63, 3.8) is 0 Å². The number of rotatable bonds is 4. The first kappa shape index (κ1) is 16.8. The molecule has 1 atom stereocenters. The summed E-state index contributed by atoms with van der Waals surface area (Å²) in [7, 11) is -3.50. The Morgan fingerprint density at radius 1 is 1.00 bits per heavy atom. The van der Waals surface area contributed by atoms with Crippen LogP contribution in [-0.2, 0) is 9.84 Å². The van der Waals surface area contributed by atoms with Crippen LogP contribution in [0, 0.1) is 6.92 Å². The molecule has 0 bridgehead atoms. The Morgan fingerprint density at radius 2 is 1.55 bits per heavy atom. The second kappa shape index (κ2) is 6.67. The van der Waals surface area contributed by atoms with E-state index in [1.807, 2.05) is 32.9 Å². The highest BCUT2D eigenvalue weighted by Gasteiger charge is 2.27. The van der Waals surface area contributed by atoms with Gasteiger partial charge in [-0.2, -0.15) is 0 Å². The Labute approximate surface area is 137 Å². The Bertz CT molecular complexity index is 769. The van der Waals surface area contributed by atoms with Gasteiger partial charge >= 0.3 is 0 Å². The molecule has 0 aromatic heterocycles. The van der Waals surface area contributed by atoms with Gasteiger partial charge in [0.05, 0.1) is 4.90 Å². The van der Waals surface area contributed by atoms with E-state index in [1.54, 1.807) is 42.5 Å². The second-order valence-electron chi connectivity index (χ2n) is 5.57. The summed E-state index contributed by atoms with van der Waals surface area (Å²) >= 11 is 5.91. The van der Waals surface area contributed by atoms with Crippen molar-refractivity contribution >= 4 is 21.4 Å². The quantitative estimate of drug-likeness (QED) is 0.726. The molecule has 0 N–H and O–H groups in total. The van der Waals surface area contributed by atoms with E-state index in [0.717, 1.165) is 11.1 Å². The smallest absolute Gasteiger partial charge is 0.188 e. The van der Waals surface area contributed by atoms with Crippen molar-refractivity contribution in [3.8, 4) is 0 Å². The first-order valence-corrected chi connectivity index (χ1v) is 8.94. The Morgan fingerprint density at radius 3 is 2.05 bits per heavy atom. The van der Waals surface area contributed by atoms with Crippen LogP contribution in [0.1, 0.15) is 30.2 Å². The van der Waals surface area contributed by atoms with Gasteiger partial charge in [0.25, 0.3) is 0 Å². The number of allylic oxidation sites excluding steroid dienone is 1. The minimum atomic E-state index is -3.50. The summed E-state index contributed by atoms with van der Waals surface area (Å²) < 4.78 is 26.0. The lowest BCUT2D eigenvalue weighted by Crippen LogP contribution is -2.12. The number of sulfone groups is 1. The van der Waals surface area contributed by atoms with E-state index in [1.165, 1.54) is 0 Å². The molecule has 2 aromatic rings. The van der Waals surface area contributed by atoms with Crippen molar-refractivity contribution in [2.24, 2.45) is 0 Å². The third kappa shape index (κ3) is 3.79. The molecule has 2 aromatic carbocycles. The van der Waals surface area contributed by atoms with Gasteiger partial charge in [-0.15, -0.1) is 0 Å². The third-order valence-corrected chi connectivity index (χ3v) is 5.63. The maximum atomic E-state index is 13.0. The van der Waals surface area contributed by atoms with E-state index in [9.17, 15) is 8.42 Å². The van der Waals surface area contributed by atoms with Crippen LogP contribution in [0.15, 0.2) is 65.1 Å². The van der Waals surface area contributed by atoms with Crippen LogP contribution in [0.3, 0.4) is 0 Å². The molecule has 0 aliphatic heterocycles. The first-order chi connectivity index (χ1) is 10.3. The van der Waals surface area contributed by atoms with E-state index >= 15 is 0 Å². The zero-order valence-corrected chi connectivity index (χ0v) is 14.4. The Kier molecular flexibility index (Phi) is 5.09. The standard InChI is InChI=1S/C18H19ClO2S/c1-13(2)12-18(15-6-8-16(19)9-7-15)22(20,21)17-10-4-14(3)5-11-17/h4-12,18H,1-3H3/t18-/m1/s1. The van der Waals surface area contributed by atoms with E-state index < -0.39 is 15.1 Å². The van der Waals surface area contributed by atoms with Crippen molar-refractivity contribution < 1.29 is 8.42 Å². The lowest BCUT2D eigenvalue weighted by atomic mass is 10.1. The predicted octanol–water partition coefficient (Wildman–Crippen LogP) is 5.13. The topological polar surface area (TPSA) is 34.1 Å². The van der Waals surface area contributed by atoms with Crippen LogP contribution < -0.4 is 0 Å². The number of benzene rings is 2. The van der Waals surface area contributed by atoms with Gasteiger partial charge in [-0.1, -0.05) is 53.1 Å². The molecule has 0 amide bonds. The second-order valence-corrected chi connectivity index (χ2v) is 8.08. The average Bonchev–Trinajstić information content (AvgIpc) is 2.46. The highest BCUT2D eigenvalue weighted by atomic mass is 35.5. The van der Waals surface area contributed by atoms with Crippen LogP contribution in [0.2, 0.25) is 5.02 Å². The summed E-state index contributed by atoms with van der Waals surface area (Å²) in [5, 5.41) is -0.120. The lowest BCUT2D eigenvalue weighted by Gasteiger charge is -2.16. The van der Waals surface area contributed by atoms with Crippen molar-refractivity contribution in [1.82, 2.24) is 0 Å². The van der Waals surface area contributed by atoms with Gasteiger partial charge in [0.1, 0.15) is 5.25 Å². The molecule has 0 saturated carbocycles. The molecule has 4 heteroatoms. The van der Waals surface area contributed by atoms with Gasteiger partial charge in [-0.25, -0.2) is 8.42 Å². The first-order valence-electron chi connectivity index (χ1n) is 7.02. The van der Waals surface area contributed by atoms with Gasteiger partial charge < -0.3 is 0 Å². The predicted molar refractivity (Wildman–Crippen MR) is 92.0 cm³/mol. The summed E-state index contributed by atoms with van der Waals surface area (Å²) in [5.41, 5.74) is 2.70. The van der Waals surface area contributed by atoms with Crippen LogP contribution in [-0.4, -0.2) is 8.42 Å². The molecule has 116 valence electrons. The average molecular weight is 335 g/mol. The number of hydrogen-bond acceptors (Lipinski definition) is 2. The molecule has 22 heavy (non-hydrogen) atoms. The zero-order chi connectivity index (χ0) is 16.3. The van der Waals surface area contributed by atoms with Gasteiger partial charge in [-0.05, 0) is 50.6 Å². The Balaban J connectivity index is 2.55. The van der Waals surface area contributed by atoms with E-state index in [-0.39, 0.29) is 0 Å². The SMILES string of the molecule is CC(C)=C[C@H](c1ccc(Cl)cc1)S(=O)(=O)c1ccc(C)cc1. The minimum Gasteiger partial charge on any atom is -0.223 e. The number of halogens is 1. The highest BCUT2D eigenvalue weighted by Crippen LogP contribution is 2.32. The largest absolute Gasteiger partial charge is 0.223 e. The summed E-state index contributed by atoms with van der Waals surface area (Å²) in [4.78, 5) is 0.329. The van der Waals surface area contributed by atoms with Crippen LogP contribution in [0.25, 0.3) is 0 Å². The fourth-order valence-corrected chi connectivity index (χ4v) is 4.10. The third-order valence-electron chi connectivity index (χ3n) is 3.37. The van der Waals surface area contributed by atoms with E-state index in [4.69, 9.17) is 11.6 Å². The normalized spacial score (nSPS) is 12.7. The monoisotopic (exact) mass is 334 g/mol. The molecule has 0 aliphatic carbocycles. The van der Waals surface area contributed by atoms with Gasteiger partial charge in [-0.3, -0.25) is 0 Å². The molecule has 2 nitrogen and oxygen atoms in total. The van der Waals surface area contributed by atoms with Crippen molar-refractivity contribution in [2.45, 2.75) is 30.9 Å². The van der Waals surface area contributed by atoms with Crippen molar-refractivity contribution in [2.75, 3.05) is 0 Å².